The molecule has 0 saturated carbocycles. The maximum Gasteiger partial charge on any atom is 0.289 e. The molecule has 1 aromatic heterocycles. The first-order chi connectivity index (χ1) is 10.4. The Balaban J connectivity index is 1.61. The van der Waals surface area contributed by atoms with E-state index in [-0.39, 0.29) is 37.6 Å². The van der Waals surface area contributed by atoms with Gasteiger partial charge < -0.3 is 14.1 Å². The number of nitrogens with zero attached hydrogens (tertiary/aromatic N) is 2. The minimum Gasteiger partial charge on any atom is -0.459 e. The van der Waals surface area contributed by atoms with Gasteiger partial charge in [0, 0.05) is 44.3 Å². The number of hydrogen-bond donors (Lipinski definition) is 0. The molecule has 1 amide bonds. The molecule has 22 heavy (non-hydrogen) atoms. The molecular formula is C15H20F2N2O3. The van der Waals surface area contributed by atoms with Gasteiger partial charge in [-0.05, 0) is 13.0 Å². The lowest BCUT2D eigenvalue weighted by molar-refractivity contribution is -0.0144. The molecule has 0 spiro atoms. The lowest BCUT2D eigenvalue weighted by Crippen LogP contribution is -2.62. The van der Waals surface area contributed by atoms with Crippen molar-refractivity contribution in [3.8, 4) is 0 Å². The first-order valence-corrected chi connectivity index (χ1v) is 7.37. The van der Waals surface area contributed by atoms with Crippen molar-refractivity contribution in [2.24, 2.45) is 0 Å². The first-order valence-electron chi connectivity index (χ1n) is 7.37. The van der Waals surface area contributed by atoms with Gasteiger partial charge in [-0.15, -0.1) is 0 Å². The van der Waals surface area contributed by atoms with Crippen molar-refractivity contribution in [2.45, 2.75) is 31.4 Å². The van der Waals surface area contributed by atoms with Crippen LogP contribution < -0.4 is 0 Å². The van der Waals surface area contributed by atoms with Gasteiger partial charge in [-0.25, -0.2) is 8.78 Å². The van der Waals surface area contributed by atoms with E-state index in [0.29, 0.717) is 18.8 Å². The number of carbonyl (C=O) groups excluding carboxylic acids is 1. The van der Waals surface area contributed by atoms with Gasteiger partial charge >= 0.3 is 0 Å². The number of methoxy groups -OCH3 is 1. The van der Waals surface area contributed by atoms with E-state index >= 15 is 0 Å². The predicted octanol–water partition coefficient (Wildman–Crippen LogP) is 1.77. The number of amides is 1. The van der Waals surface area contributed by atoms with Crippen LogP contribution in [-0.2, 0) is 4.74 Å². The topological polar surface area (TPSA) is 45.9 Å². The third kappa shape index (κ3) is 2.75. The molecule has 0 N–H and O–H groups in total. The lowest BCUT2D eigenvalue weighted by atomic mass is 10.0. The van der Waals surface area contributed by atoms with E-state index in [1.165, 1.54) is 13.4 Å². The summed E-state index contributed by atoms with van der Waals surface area (Å²) in [5, 5.41) is 0. The molecule has 7 heteroatoms. The van der Waals surface area contributed by atoms with Crippen LogP contribution in [0.2, 0.25) is 0 Å². The largest absolute Gasteiger partial charge is 0.459 e. The Bertz CT molecular complexity index is 555. The summed E-state index contributed by atoms with van der Waals surface area (Å²) in [5.41, 5.74) is 0.790. The number of carbonyl (C=O) groups is 1. The van der Waals surface area contributed by atoms with E-state index in [4.69, 9.17) is 9.15 Å². The summed E-state index contributed by atoms with van der Waals surface area (Å²) < 4.78 is 37.5. The molecule has 2 saturated heterocycles. The van der Waals surface area contributed by atoms with E-state index in [0.717, 1.165) is 5.56 Å². The zero-order chi connectivity index (χ0) is 15.9. The van der Waals surface area contributed by atoms with Gasteiger partial charge in [-0.1, -0.05) is 0 Å². The Morgan fingerprint density at radius 1 is 1.50 bits per heavy atom. The third-order valence-electron chi connectivity index (χ3n) is 4.45. The van der Waals surface area contributed by atoms with Gasteiger partial charge in [0.25, 0.3) is 11.8 Å². The van der Waals surface area contributed by atoms with Crippen molar-refractivity contribution in [3.63, 3.8) is 0 Å². The summed E-state index contributed by atoms with van der Waals surface area (Å²) in [4.78, 5) is 15.7. The highest BCUT2D eigenvalue weighted by molar-refractivity contribution is 5.93. The second kappa shape index (κ2) is 5.62. The first kappa shape index (κ1) is 15.4. The number of likely N-dealkylation sites (tertiary alicyclic amines) is 2. The van der Waals surface area contributed by atoms with Crippen LogP contribution in [0.4, 0.5) is 8.78 Å². The average molecular weight is 314 g/mol. The molecule has 5 nitrogen and oxygen atoms in total. The number of ether oxygens (including phenoxy) is 1. The van der Waals surface area contributed by atoms with Crippen LogP contribution in [-0.4, -0.2) is 67.1 Å². The van der Waals surface area contributed by atoms with Gasteiger partial charge in [0.15, 0.2) is 5.76 Å². The van der Waals surface area contributed by atoms with Crippen LogP contribution in [0.25, 0.3) is 0 Å². The second-order valence-corrected chi connectivity index (χ2v) is 6.14. The lowest BCUT2D eigenvalue weighted by Gasteiger charge is -2.45. The van der Waals surface area contributed by atoms with E-state index in [2.05, 4.69) is 0 Å². The molecule has 2 aliphatic rings. The summed E-state index contributed by atoms with van der Waals surface area (Å²) in [7, 11) is 1.52. The van der Waals surface area contributed by atoms with Gasteiger partial charge in [0.05, 0.1) is 19.4 Å². The molecule has 0 aliphatic carbocycles. The zero-order valence-electron chi connectivity index (χ0n) is 12.7. The average Bonchev–Trinajstić information content (AvgIpc) is 2.92. The molecule has 122 valence electrons. The van der Waals surface area contributed by atoms with Crippen molar-refractivity contribution in [1.29, 1.82) is 0 Å². The monoisotopic (exact) mass is 314 g/mol. The number of aryl methyl sites for hydroxylation is 1. The Morgan fingerprint density at radius 2 is 2.23 bits per heavy atom. The van der Waals surface area contributed by atoms with Crippen molar-refractivity contribution >= 4 is 5.91 Å². The molecular weight excluding hydrogens is 294 g/mol. The number of halogens is 2. The number of hydrogen-bond acceptors (Lipinski definition) is 4. The number of furan rings is 1. The van der Waals surface area contributed by atoms with Crippen LogP contribution >= 0.6 is 0 Å². The summed E-state index contributed by atoms with van der Waals surface area (Å²) >= 11 is 0. The molecule has 0 unspecified atom stereocenters. The number of rotatable bonds is 4. The fourth-order valence-electron chi connectivity index (χ4n) is 3.26. The van der Waals surface area contributed by atoms with Gasteiger partial charge in [-0.2, -0.15) is 0 Å². The van der Waals surface area contributed by atoms with E-state index < -0.39 is 5.92 Å². The Hall–Kier alpha value is -1.47. The highest BCUT2D eigenvalue weighted by Crippen LogP contribution is 2.35. The minimum absolute atomic E-state index is 0.0345. The number of alkyl halides is 2. The van der Waals surface area contributed by atoms with Gasteiger partial charge in [-0.3, -0.25) is 9.69 Å². The fraction of sp³-hybridized carbons (Fsp3) is 0.667. The Labute approximate surface area is 127 Å². The quantitative estimate of drug-likeness (QED) is 0.850. The van der Waals surface area contributed by atoms with Crippen LogP contribution in [0.1, 0.15) is 22.5 Å². The molecule has 0 bridgehead atoms. The molecule has 2 aliphatic heterocycles. The standard InChI is InChI=1S/C15H20F2N2O3/c1-10-3-4-22-13(10)14(20)18-6-12(7-18)19-9-15(16,17)5-11(19)8-21-2/h3-4,11-12H,5-9H2,1-2H3/t11-/m0/s1. The molecule has 2 fully saturated rings. The highest BCUT2D eigenvalue weighted by Gasteiger charge is 2.50. The minimum atomic E-state index is -2.68. The zero-order valence-corrected chi connectivity index (χ0v) is 12.7. The summed E-state index contributed by atoms with van der Waals surface area (Å²) in [5.74, 6) is -2.52. The predicted molar refractivity (Wildman–Crippen MR) is 75.1 cm³/mol. The summed E-state index contributed by atoms with van der Waals surface area (Å²) in [6, 6.07) is 1.42. The van der Waals surface area contributed by atoms with Gasteiger partial charge in [0.1, 0.15) is 0 Å². The van der Waals surface area contributed by atoms with Crippen LogP contribution in [0.5, 0.6) is 0 Å². The summed E-state index contributed by atoms with van der Waals surface area (Å²) in [6.07, 6.45) is 1.30. The summed E-state index contributed by atoms with van der Waals surface area (Å²) in [6.45, 7) is 2.75. The van der Waals surface area contributed by atoms with E-state index in [9.17, 15) is 13.6 Å². The van der Waals surface area contributed by atoms with Crippen molar-refractivity contribution in [2.75, 3.05) is 33.4 Å². The highest BCUT2D eigenvalue weighted by atomic mass is 19.3. The van der Waals surface area contributed by atoms with E-state index in [1.54, 1.807) is 15.9 Å². The van der Waals surface area contributed by atoms with Crippen molar-refractivity contribution < 1.29 is 22.7 Å². The fourth-order valence-corrected chi connectivity index (χ4v) is 3.26. The van der Waals surface area contributed by atoms with Crippen molar-refractivity contribution in [1.82, 2.24) is 9.80 Å². The Kier molecular flexibility index (Phi) is 3.94. The smallest absolute Gasteiger partial charge is 0.289 e. The Morgan fingerprint density at radius 3 is 2.82 bits per heavy atom. The molecule has 1 atom stereocenters. The second-order valence-electron chi connectivity index (χ2n) is 6.14. The van der Waals surface area contributed by atoms with Crippen LogP contribution in [0, 0.1) is 6.92 Å². The maximum atomic E-state index is 13.6. The van der Waals surface area contributed by atoms with Crippen LogP contribution in [0.3, 0.4) is 0 Å². The SMILES string of the molecule is COC[C@@H]1CC(F)(F)CN1C1CN(C(=O)c2occc2C)C1. The molecule has 1 aromatic rings. The maximum absolute atomic E-state index is 13.6. The van der Waals surface area contributed by atoms with Crippen LogP contribution in [0.15, 0.2) is 16.7 Å². The molecule has 3 rings (SSSR count). The molecule has 0 aromatic carbocycles. The van der Waals surface area contributed by atoms with Gasteiger partial charge in [0.2, 0.25) is 0 Å². The van der Waals surface area contributed by atoms with Crippen molar-refractivity contribution in [3.05, 3.63) is 23.7 Å². The molecule has 3 heterocycles. The third-order valence-corrected chi connectivity index (χ3v) is 4.45. The normalized spacial score (nSPS) is 25.5. The molecule has 0 radical (unpaired) electrons. The van der Waals surface area contributed by atoms with E-state index in [1.807, 2.05) is 6.92 Å².